The number of hydrogen-bond donors (Lipinski definition) is 1. The Morgan fingerprint density at radius 1 is 0.895 bits per heavy atom. The summed E-state index contributed by atoms with van der Waals surface area (Å²) in [6.07, 6.45) is 3.55. The number of nitrogens with zero attached hydrogens (tertiary/aromatic N) is 3. The Morgan fingerprint density at radius 2 is 1.68 bits per heavy atom. The Morgan fingerprint density at radius 3 is 2.50 bits per heavy atom. The molecule has 1 aliphatic rings. The number of amides is 1. The van der Waals surface area contributed by atoms with Gasteiger partial charge in [-0.2, -0.15) is 0 Å². The summed E-state index contributed by atoms with van der Waals surface area (Å²) < 4.78 is 0. The van der Waals surface area contributed by atoms with E-state index in [0.29, 0.717) is 24.7 Å². The molecule has 0 aliphatic carbocycles. The van der Waals surface area contributed by atoms with E-state index < -0.39 is 0 Å². The number of nitrogens with one attached hydrogen (secondary N) is 1. The molecule has 0 fully saturated rings. The maximum atomic E-state index is 13.9. The third-order valence-electron chi connectivity index (χ3n) is 6.80. The number of halogens is 3. The SMILES string of the molecule is Cl.Cl.O=C(c1cccc2ccccc12)N1CCN(Cc2cnc[nH]2)c2ccc(-c3cccc(Cl)c3)cc2C1. The third kappa shape index (κ3) is 5.51. The van der Waals surface area contributed by atoms with Gasteiger partial charge in [0.25, 0.3) is 5.91 Å². The second-order valence-electron chi connectivity index (χ2n) is 9.11. The van der Waals surface area contributed by atoms with Crippen molar-refractivity contribution >= 4 is 58.8 Å². The van der Waals surface area contributed by atoms with Crippen LogP contribution in [0.2, 0.25) is 5.02 Å². The molecule has 4 aromatic carbocycles. The van der Waals surface area contributed by atoms with Crippen molar-refractivity contribution in [1.82, 2.24) is 14.9 Å². The van der Waals surface area contributed by atoms with Crippen molar-refractivity contribution in [3.63, 3.8) is 0 Å². The van der Waals surface area contributed by atoms with E-state index in [-0.39, 0.29) is 30.7 Å². The van der Waals surface area contributed by atoms with Gasteiger partial charge in [0.2, 0.25) is 0 Å². The molecule has 0 spiro atoms. The summed E-state index contributed by atoms with van der Waals surface area (Å²) in [5.74, 6) is 0.0503. The molecule has 0 atom stereocenters. The summed E-state index contributed by atoms with van der Waals surface area (Å²) in [5.41, 5.74) is 6.15. The molecule has 5 nitrogen and oxygen atoms in total. The van der Waals surface area contributed by atoms with Gasteiger partial charge in [0.1, 0.15) is 0 Å². The topological polar surface area (TPSA) is 52.2 Å². The zero-order valence-corrected chi connectivity index (χ0v) is 22.9. The van der Waals surface area contributed by atoms with Crippen LogP contribution in [0.1, 0.15) is 21.6 Å². The molecule has 1 aromatic heterocycles. The molecule has 1 aliphatic heterocycles. The van der Waals surface area contributed by atoms with Gasteiger partial charge in [-0.3, -0.25) is 4.79 Å². The van der Waals surface area contributed by atoms with Crippen LogP contribution in [-0.4, -0.2) is 33.9 Å². The fraction of sp³-hybridized carbons (Fsp3) is 0.133. The quantitative estimate of drug-likeness (QED) is 0.247. The Balaban J connectivity index is 0.00000168. The molecule has 1 amide bonds. The molecule has 0 unspecified atom stereocenters. The molecule has 0 bridgehead atoms. The van der Waals surface area contributed by atoms with Crippen molar-refractivity contribution < 1.29 is 4.79 Å². The van der Waals surface area contributed by atoms with Gasteiger partial charge in [-0.15, -0.1) is 24.8 Å². The van der Waals surface area contributed by atoms with Gasteiger partial charge in [0.05, 0.1) is 18.6 Å². The van der Waals surface area contributed by atoms with E-state index in [4.69, 9.17) is 11.6 Å². The first-order chi connectivity index (χ1) is 17.7. The summed E-state index contributed by atoms with van der Waals surface area (Å²) in [5, 5.41) is 2.76. The summed E-state index contributed by atoms with van der Waals surface area (Å²) >= 11 is 6.28. The number of imidazole rings is 1. The number of rotatable bonds is 4. The third-order valence-corrected chi connectivity index (χ3v) is 7.04. The van der Waals surface area contributed by atoms with Gasteiger partial charge < -0.3 is 14.8 Å². The maximum Gasteiger partial charge on any atom is 0.254 e. The highest BCUT2D eigenvalue weighted by atomic mass is 35.5. The summed E-state index contributed by atoms with van der Waals surface area (Å²) in [7, 11) is 0. The van der Waals surface area contributed by atoms with Crippen molar-refractivity contribution in [3.8, 4) is 11.1 Å². The van der Waals surface area contributed by atoms with E-state index in [1.807, 2.05) is 71.8 Å². The van der Waals surface area contributed by atoms with Gasteiger partial charge in [0.15, 0.2) is 0 Å². The highest BCUT2D eigenvalue weighted by Gasteiger charge is 2.25. The average Bonchev–Trinajstić information content (AvgIpc) is 3.36. The molecule has 1 N–H and O–H groups in total. The molecule has 2 heterocycles. The first-order valence-electron chi connectivity index (χ1n) is 12.0. The first kappa shape index (κ1) is 27.5. The van der Waals surface area contributed by atoms with Gasteiger partial charge in [-0.1, -0.05) is 66.2 Å². The molecule has 38 heavy (non-hydrogen) atoms. The van der Waals surface area contributed by atoms with E-state index in [0.717, 1.165) is 51.0 Å². The standard InChI is InChI=1S/C30H25ClN4O.2ClH/c31-25-8-3-7-22(16-25)23-11-12-29-24(15-23)18-35(14-13-34(29)19-26-17-32-20-33-26)30(36)28-10-4-6-21-5-1-2-9-27(21)28;;/h1-12,15-17,20H,13-14,18-19H2,(H,32,33);2*1H. The monoisotopic (exact) mass is 564 g/mol. The van der Waals surface area contributed by atoms with Crippen molar-refractivity contribution in [3.05, 3.63) is 119 Å². The largest absolute Gasteiger partial charge is 0.364 e. The lowest BCUT2D eigenvalue weighted by molar-refractivity contribution is 0.0753. The van der Waals surface area contributed by atoms with Crippen molar-refractivity contribution in [2.75, 3.05) is 18.0 Å². The number of aromatic amines is 1. The number of carbonyl (C=O) groups excluding carboxylic acids is 1. The lowest BCUT2D eigenvalue weighted by Crippen LogP contribution is -2.35. The minimum absolute atomic E-state index is 0. The second-order valence-corrected chi connectivity index (χ2v) is 9.54. The zero-order valence-electron chi connectivity index (χ0n) is 20.5. The van der Waals surface area contributed by atoms with Gasteiger partial charge in [0, 0.05) is 42.1 Å². The normalized spacial score (nSPS) is 12.8. The molecule has 0 radical (unpaired) electrons. The van der Waals surface area contributed by atoms with Crippen LogP contribution >= 0.6 is 36.4 Å². The van der Waals surface area contributed by atoms with Crippen LogP contribution in [0, 0.1) is 0 Å². The molecule has 194 valence electrons. The average molecular weight is 566 g/mol. The number of aromatic nitrogens is 2. The van der Waals surface area contributed by atoms with E-state index in [1.165, 1.54) is 0 Å². The Labute approximate surface area is 239 Å². The first-order valence-corrected chi connectivity index (χ1v) is 12.4. The van der Waals surface area contributed by atoms with Crippen LogP contribution in [0.3, 0.4) is 0 Å². The van der Waals surface area contributed by atoms with Crippen molar-refractivity contribution in [1.29, 1.82) is 0 Å². The van der Waals surface area contributed by atoms with Crippen LogP contribution in [0.15, 0.2) is 97.5 Å². The molecule has 5 aromatic rings. The van der Waals surface area contributed by atoms with Gasteiger partial charge in [-0.25, -0.2) is 4.98 Å². The molecule has 0 saturated carbocycles. The van der Waals surface area contributed by atoms with E-state index in [9.17, 15) is 4.79 Å². The predicted molar refractivity (Wildman–Crippen MR) is 160 cm³/mol. The molecule has 6 rings (SSSR count). The number of benzene rings is 4. The molecular weight excluding hydrogens is 539 g/mol. The number of anilines is 1. The van der Waals surface area contributed by atoms with Crippen LogP contribution in [0.5, 0.6) is 0 Å². The highest BCUT2D eigenvalue weighted by molar-refractivity contribution is 6.30. The Hall–Kier alpha value is -3.51. The van der Waals surface area contributed by atoms with Crippen LogP contribution in [0.4, 0.5) is 5.69 Å². The second kappa shape index (κ2) is 11.9. The van der Waals surface area contributed by atoms with Crippen molar-refractivity contribution in [2.24, 2.45) is 0 Å². The molecule has 8 heteroatoms. The lowest BCUT2D eigenvalue weighted by atomic mass is 10.0. The van der Waals surface area contributed by atoms with E-state index in [2.05, 4.69) is 39.1 Å². The molecular formula is C30H27Cl3N4O. The van der Waals surface area contributed by atoms with Gasteiger partial charge >= 0.3 is 0 Å². The maximum absolute atomic E-state index is 13.9. The van der Waals surface area contributed by atoms with E-state index >= 15 is 0 Å². The van der Waals surface area contributed by atoms with Crippen molar-refractivity contribution in [2.45, 2.75) is 13.1 Å². The lowest BCUT2D eigenvalue weighted by Gasteiger charge is -2.24. The van der Waals surface area contributed by atoms with Gasteiger partial charge in [-0.05, 0) is 57.8 Å². The minimum Gasteiger partial charge on any atom is -0.364 e. The minimum atomic E-state index is 0. The summed E-state index contributed by atoms with van der Waals surface area (Å²) in [6.45, 7) is 2.57. The van der Waals surface area contributed by atoms with E-state index in [1.54, 1.807) is 6.33 Å². The number of hydrogen-bond acceptors (Lipinski definition) is 3. The van der Waals surface area contributed by atoms with Crippen LogP contribution in [0.25, 0.3) is 21.9 Å². The predicted octanol–water partition coefficient (Wildman–Crippen LogP) is 7.39. The fourth-order valence-corrected chi connectivity index (χ4v) is 5.20. The zero-order chi connectivity index (χ0) is 24.5. The number of H-pyrrole nitrogens is 1. The van der Waals surface area contributed by atoms with Crippen LogP contribution in [-0.2, 0) is 13.1 Å². The van der Waals surface area contributed by atoms with Crippen LogP contribution < -0.4 is 4.90 Å². The summed E-state index contributed by atoms with van der Waals surface area (Å²) in [6, 6.07) is 28.4. The highest BCUT2D eigenvalue weighted by Crippen LogP contribution is 2.33. The summed E-state index contributed by atoms with van der Waals surface area (Å²) in [4.78, 5) is 25.6. The molecule has 0 saturated heterocycles. The Bertz CT molecular complexity index is 1550. The Kier molecular flexibility index (Phi) is 8.62. The number of fused-ring (bicyclic) bond motifs is 2. The smallest absolute Gasteiger partial charge is 0.254 e. The number of carbonyl (C=O) groups is 1. The fourth-order valence-electron chi connectivity index (χ4n) is 5.01.